The molecule has 0 radical (unpaired) electrons. The molecule has 0 spiro atoms. The van der Waals surface area contributed by atoms with Gasteiger partial charge in [0.2, 0.25) is 11.6 Å². The van der Waals surface area contributed by atoms with Gasteiger partial charge in [0.1, 0.15) is 17.2 Å². The van der Waals surface area contributed by atoms with Gasteiger partial charge in [-0.1, -0.05) is 6.07 Å². The van der Waals surface area contributed by atoms with Gasteiger partial charge in [0.05, 0.1) is 25.3 Å². The molecule has 0 aliphatic rings. The monoisotopic (exact) mass is 537 g/mol. The van der Waals surface area contributed by atoms with E-state index in [2.05, 4.69) is 64.1 Å². The average molecular weight is 538 g/mol. The largest absolute Gasteiger partial charge is 0.494 e. The van der Waals surface area contributed by atoms with Crippen LogP contribution in [0.2, 0.25) is 0 Å². The number of nitrogens with zero attached hydrogens (tertiary/aromatic N) is 7. The Morgan fingerprint density at radius 3 is 1.82 bits per heavy atom. The molecule has 0 saturated heterocycles. The summed E-state index contributed by atoms with van der Waals surface area (Å²) in [6, 6.07) is 23.5. The van der Waals surface area contributed by atoms with E-state index in [1.165, 1.54) is 0 Å². The van der Waals surface area contributed by atoms with Crippen LogP contribution in [0.5, 0.6) is 17.2 Å². The fourth-order valence-electron chi connectivity index (χ4n) is 4.34. The summed E-state index contributed by atoms with van der Waals surface area (Å²) in [7, 11) is 0. The summed E-state index contributed by atoms with van der Waals surface area (Å²) >= 11 is 0. The Morgan fingerprint density at radius 1 is 0.625 bits per heavy atom. The normalized spacial score (nSPS) is 11.1. The minimum absolute atomic E-state index is 0.554. The first-order valence-electron chi connectivity index (χ1n) is 13.0. The topological polar surface area (TPSA) is 142 Å². The van der Waals surface area contributed by atoms with Gasteiger partial charge in [-0.25, -0.2) is 0 Å². The molecule has 6 rings (SSSR count). The Kier molecular flexibility index (Phi) is 7.56. The number of aromatic amines is 2. The van der Waals surface area contributed by atoms with E-state index in [0.29, 0.717) is 31.5 Å². The molecule has 6 aromatic rings. The van der Waals surface area contributed by atoms with Crippen LogP contribution in [-0.2, 0) is 6.54 Å². The average Bonchev–Trinajstić information content (AvgIpc) is 3.79. The number of hydrogen-bond acceptors (Lipinski definition) is 9. The second kappa shape index (κ2) is 12.1. The molecule has 3 heterocycles. The minimum atomic E-state index is 0.554. The molecule has 3 aromatic heterocycles. The molecule has 3 aromatic carbocycles. The van der Waals surface area contributed by atoms with Crippen molar-refractivity contribution in [2.24, 2.45) is 0 Å². The molecule has 0 unspecified atom stereocenters. The van der Waals surface area contributed by atoms with Crippen LogP contribution in [0.4, 0.5) is 0 Å². The van der Waals surface area contributed by atoms with Gasteiger partial charge in [0.25, 0.3) is 0 Å². The number of tetrazole rings is 2. The predicted molar refractivity (Wildman–Crippen MR) is 147 cm³/mol. The van der Waals surface area contributed by atoms with Crippen LogP contribution in [0.15, 0.2) is 79.0 Å². The summed E-state index contributed by atoms with van der Waals surface area (Å²) in [5.41, 5.74) is 2.90. The predicted octanol–water partition coefficient (Wildman–Crippen LogP) is 4.32. The lowest BCUT2D eigenvalue weighted by Crippen LogP contribution is -2.05. The van der Waals surface area contributed by atoms with E-state index in [9.17, 15) is 0 Å². The van der Waals surface area contributed by atoms with E-state index >= 15 is 0 Å². The highest BCUT2D eigenvalue weighted by Crippen LogP contribution is 2.27. The number of benzene rings is 3. The van der Waals surface area contributed by atoms with Crippen molar-refractivity contribution < 1.29 is 14.2 Å². The smallest absolute Gasteiger partial charge is 0.204 e. The maximum Gasteiger partial charge on any atom is 0.204 e. The van der Waals surface area contributed by atoms with Crippen molar-refractivity contribution in [3.05, 3.63) is 79.0 Å². The Morgan fingerprint density at radius 2 is 1.23 bits per heavy atom. The number of fused-ring (bicyclic) bond motifs is 1. The zero-order valence-electron chi connectivity index (χ0n) is 21.6. The highest BCUT2D eigenvalue weighted by molar-refractivity contribution is 5.86. The van der Waals surface area contributed by atoms with Crippen molar-refractivity contribution in [3.8, 4) is 40.0 Å². The Balaban J connectivity index is 0.941. The van der Waals surface area contributed by atoms with Crippen LogP contribution in [0.1, 0.15) is 12.8 Å². The van der Waals surface area contributed by atoms with Crippen LogP contribution < -0.4 is 14.2 Å². The summed E-state index contributed by atoms with van der Waals surface area (Å²) in [6.07, 6.45) is 3.73. The minimum Gasteiger partial charge on any atom is -0.494 e. The van der Waals surface area contributed by atoms with Gasteiger partial charge >= 0.3 is 0 Å². The first kappa shape index (κ1) is 25.0. The lowest BCUT2D eigenvalue weighted by atomic mass is 10.2. The van der Waals surface area contributed by atoms with Crippen LogP contribution in [0, 0.1) is 0 Å². The second-order valence-corrected chi connectivity index (χ2v) is 8.97. The van der Waals surface area contributed by atoms with Gasteiger partial charge in [0, 0.05) is 35.7 Å². The molecule has 0 atom stereocenters. The number of hydrogen-bond donors (Lipinski definition) is 2. The number of rotatable bonds is 13. The maximum atomic E-state index is 6.10. The van der Waals surface area contributed by atoms with Crippen molar-refractivity contribution in [2.45, 2.75) is 19.4 Å². The Hall–Kier alpha value is -5.26. The molecule has 12 nitrogen and oxygen atoms in total. The molecular formula is C28H27N9O3. The van der Waals surface area contributed by atoms with Crippen LogP contribution in [0.25, 0.3) is 33.7 Å². The maximum absolute atomic E-state index is 6.10. The van der Waals surface area contributed by atoms with Crippen molar-refractivity contribution >= 4 is 10.9 Å². The number of ether oxygens (including phenoxy) is 3. The summed E-state index contributed by atoms with van der Waals surface area (Å²) in [4.78, 5) is 0. The molecule has 0 fully saturated rings. The van der Waals surface area contributed by atoms with Crippen molar-refractivity contribution in [1.82, 2.24) is 45.8 Å². The SMILES string of the molecule is c1cc(OCCCOc2ccc(-c3nn[nH]n3)cc2)c2ccn(CCCOc3ccc(-c4nn[nH]n4)cc3)c2c1. The first-order chi connectivity index (χ1) is 19.8. The molecule has 0 amide bonds. The molecular weight excluding hydrogens is 510 g/mol. The van der Waals surface area contributed by atoms with E-state index in [1.54, 1.807) is 0 Å². The van der Waals surface area contributed by atoms with Gasteiger partial charge in [0.15, 0.2) is 0 Å². The van der Waals surface area contributed by atoms with E-state index in [1.807, 2.05) is 60.7 Å². The highest BCUT2D eigenvalue weighted by Gasteiger charge is 2.08. The summed E-state index contributed by atoms with van der Waals surface area (Å²) < 4.78 is 20.1. The van der Waals surface area contributed by atoms with Gasteiger partial charge in [-0.15, -0.1) is 20.4 Å². The lowest BCUT2D eigenvalue weighted by molar-refractivity contribution is 0.249. The van der Waals surface area contributed by atoms with Gasteiger partial charge in [-0.2, -0.15) is 10.4 Å². The quantitative estimate of drug-likeness (QED) is 0.206. The third-order valence-corrected chi connectivity index (χ3v) is 6.32. The van der Waals surface area contributed by atoms with Crippen molar-refractivity contribution in [2.75, 3.05) is 19.8 Å². The lowest BCUT2D eigenvalue weighted by Gasteiger charge is -2.11. The molecule has 0 aliphatic heterocycles. The van der Waals surface area contributed by atoms with Gasteiger partial charge in [-0.3, -0.25) is 0 Å². The summed E-state index contributed by atoms with van der Waals surface area (Å²) in [5.74, 6) is 3.59. The van der Waals surface area contributed by atoms with E-state index < -0.39 is 0 Å². The molecule has 0 bridgehead atoms. The van der Waals surface area contributed by atoms with Gasteiger partial charge < -0.3 is 18.8 Å². The molecule has 2 N–H and O–H groups in total. The van der Waals surface area contributed by atoms with Crippen LogP contribution in [0.3, 0.4) is 0 Å². The molecule has 0 saturated carbocycles. The van der Waals surface area contributed by atoms with E-state index in [-0.39, 0.29) is 0 Å². The third-order valence-electron chi connectivity index (χ3n) is 6.32. The summed E-state index contributed by atoms with van der Waals surface area (Å²) in [6.45, 7) is 2.56. The molecule has 12 heteroatoms. The fraction of sp³-hybridized carbons (Fsp3) is 0.214. The standard InChI is InChI=1S/C28H27N9O3/c1-4-25-24(14-16-37(25)15-2-17-38-22-10-6-20(7-11-22)27-29-33-34-30-27)26(5-1)40-19-3-18-39-23-12-8-21(9-13-23)28-31-35-36-32-28/h1,4-14,16H,2-3,15,17-19H2,(H,29,30,33,34)(H,31,32,35,36). The fourth-order valence-corrected chi connectivity index (χ4v) is 4.34. The molecule has 202 valence electrons. The summed E-state index contributed by atoms with van der Waals surface area (Å²) in [5, 5.41) is 29.1. The van der Waals surface area contributed by atoms with Crippen molar-refractivity contribution in [3.63, 3.8) is 0 Å². The zero-order chi connectivity index (χ0) is 27.0. The highest BCUT2D eigenvalue weighted by atomic mass is 16.5. The number of aryl methyl sites for hydroxylation is 1. The van der Waals surface area contributed by atoms with Crippen LogP contribution in [-0.4, -0.2) is 65.6 Å². The van der Waals surface area contributed by atoms with E-state index in [0.717, 1.165) is 58.7 Å². The number of nitrogens with one attached hydrogen (secondary N) is 2. The molecule has 0 aliphatic carbocycles. The zero-order valence-corrected chi connectivity index (χ0v) is 21.6. The second-order valence-electron chi connectivity index (χ2n) is 8.97. The van der Waals surface area contributed by atoms with Crippen LogP contribution >= 0.6 is 0 Å². The van der Waals surface area contributed by atoms with E-state index in [4.69, 9.17) is 14.2 Å². The Bertz CT molecular complexity index is 1610. The van der Waals surface area contributed by atoms with Crippen molar-refractivity contribution in [1.29, 1.82) is 0 Å². The number of aromatic nitrogens is 9. The first-order valence-corrected chi connectivity index (χ1v) is 13.0. The van der Waals surface area contributed by atoms with Gasteiger partial charge in [-0.05, 0) is 83.6 Å². The third kappa shape index (κ3) is 5.90. The Labute approximate surface area is 229 Å². The number of H-pyrrole nitrogens is 2. The molecule has 40 heavy (non-hydrogen) atoms.